The number of anilines is 1. The second-order valence-corrected chi connectivity index (χ2v) is 6.66. The summed E-state index contributed by atoms with van der Waals surface area (Å²) in [5.74, 6) is -0.598. The van der Waals surface area contributed by atoms with E-state index in [0.29, 0.717) is 25.3 Å². The molecule has 0 aliphatic heterocycles. The second kappa shape index (κ2) is 8.70. The van der Waals surface area contributed by atoms with Crippen molar-refractivity contribution in [2.75, 3.05) is 37.4 Å². The first-order valence-corrected chi connectivity index (χ1v) is 8.68. The molecule has 6 nitrogen and oxygen atoms in total. The second-order valence-electron chi connectivity index (χ2n) is 4.76. The molecule has 1 N–H and O–H groups in total. The molecule has 1 aromatic carbocycles. The average molecular weight is 332 g/mol. The van der Waals surface area contributed by atoms with Crippen LogP contribution in [-0.2, 0) is 19.6 Å². The van der Waals surface area contributed by atoms with Crippen molar-refractivity contribution in [3.05, 3.63) is 30.1 Å². The van der Waals surface area contributed by atoms with Crippen molar-refractivity contribution in [1.82, 2.24) is 5.32 Å². The minimum atomic E-state index is -3.49. The SMILES string of the molecule is COCCNC(=O)CCCN(c1ccc(F)cc1)S(C)(=O)=O. The molecule has 0 heterocycles. The van der Waals surface area contributed by atoms with Crippen LogP contribution in [0.15, 0.2) is 24.3 Å². The predicted molar refractivity (Wildman–Crippen MR) is 82.7 cm³/mol. The lowest BCUT2D eigenvalue weighted by Crippen LogP contribution is -2.32. The Balaban J connectivity index is 2.57. The van der Waals surface area contributed by atoms with Gasteiger partial charge >= 0.3 is 0 Å². The summed E-state index contributed by atoms with van der Waals surface area (Å²) in [4.78, 5) is 11.5. The Hall–Kier alpha value is -1.67. The number of nitrogens with one attached hydrogen (secondary N) is 1. The van der Waals surface area contributed by atoms with Gasteiger partial charge in [-0.05, 0) is 30.7 Å². The number of halogens is 1. The van der Waals surface area contributed by atoms with Crippen molar-refractivity contribution in [1.29, 1.82) is 0 Å². The van der Waals surface area contributed by atoms with E-state index >= 15 is 0 Å². The van der Waals surface area contributed by atoms with Crippen molar-refractivity contribution < 1.29 is 22.3 Å². The van der Waals surface area contributed by atoms with E-state index in [2.05, 4.69) is 5.32 Å². The summed E-state index contributed by atoms with van der Waals surface area (Å²) in [6.07, 6.45) is 1.65. The third kappa shape index (κ3) is 6.40. The third-order valence-electron chi connectivity index (χ3n) is 2.91. The van der Waals surface area contributed by atoms with Gasteiger partial charge in [0.25, 0.3) is 0 Å². The predicted octanol–water partition coefficient (Wildman–Crippen LogP) is 1.13. The molecule has 0 aliphatic rings. The minimum Gasteiger partial charge on any atom is -0.383 e. The maximum atomic E-state index is 12.9. The Labute approximate surface area is 130 Å². The minimum absolute atomic E-state index is 0.155. The van der Waals surface area contributed by atoms with E-state index in [1.807, 2.05) is 0 Å². The van der Waals surface area contributed by atoms with Gasteiger partial charge in [-0.25, -0.2) is 12.8 Å². The zero-order valence-electron chi connectivity index (χ0n) is 12.7. The lowest BCUT2D eigenvalue weighted by atomic mass is 10.2. The molecule has 0 aliphatic carbocycles. The molecule has 0 radical (unpaired) electrons. The maximum absolute atomic E-state index is 12.9. The van der Waals surface area contributed by atoms with Gasteiger partial charge in [-0.3, -0.25) is 9.10 Å². The number of amides is 1. The average Bonchev–Trinajstić information content (AvgIpc) is 2.44. The maximum Gasteiger partial charge on any atom is 0.232 e. The van der Waals surface area contributed by atoms with Crippen LogP contribution in [0.3, 0.4) is 0 Å². The molecule has 22 heavy (non-hydrogen) atoms. The Morgan fingerprint density at radius 1 is 1.32 bits per heavy atom. The number of nitrogens with zero attached hydrogens (tertiary/aromatic N) is 1. The van der Waals surface area contributed by atoms with Crippen molar-refractivity contribution in [2.24, 2.45) is 0 Å². The number of rotatable bonds is 9. The highest BCUT2D eigenvalue weighted by molar-refractivity contribution is 7.92. The Morgan fingerprint density at radius 3 is 2.50 bits per heavy atom. The fourth-order valence-electron chi connectivity index (χ4n) is 1.86. The van der Waals surface area contributed by atoms with Crippen molar-refractivity contribution >= 4 is 21.6 Å². The standard InChI is InChI=1S/C14H21FN2O4S/c1-21-11-9-16-14(18)4-3-10-17(22(2,19)20)13-7-5-12(15)6-8-13/h5-8H,3-4,9-11H2,1-2H3,(H,16,18). The number of carbonyl (C=O) groups excluding carboxylic acids is 1. The number of hydrogen-bond donors (Lipinski definition) is 1. The van der Waals surface area contributed by atoms with Gasteiger partial charge in [0.1, 0.15) is 5.82 Å². The fourth-order valence-corrected chi connectivity index (χ4v) is 2.82. The van der Waals surface area contributed by atoms with Crippen LogP contribution in [0.5, 0.6) is 0 Å². The van der Waals surface area contributed by atoms with E-state index in [4.69, 9.17) is 4.74 Å². The Bertz CT molecular complexity index is 575. The number of ether oxygens (including phenoxy) is 1. The molecular formula is C14H21FN2O4S. The number of sulfonamides is 1. The molecule has 1 rings (SSSR count). The fraction of sp³-hybridized carbons (Fsp3) is 0.500. The van der Waals surface area contributed by atoms with Gasteiger partial charge < -0.3 is 10.1 Å². The van der Waals surface area contributed by atoms with Crippen LogP contribution in [0.1, 0.15) is 12.8 Å². The quantitative estimate of drug-likeness (QED) is 0.688. The highest BCUT2D eigenvalue weighted by Gasteiger charge is 2.17. The summed E-state index contributed by atoms with van der Waals surface area (Å²) in [5.41, 5.74) is 0.378. The van der Waals surface area contributed by atoms with Crippen LogP contribution >= 0.6 is 0 Å². The van der Waals surface area contributed by atoms with E-state index < -0.39 is 15.8 Å². The van der Waals surface area contributed by atoms with Crippen molar-refractivity contribution in [3.63, 3.8) is 0 Å². The lowest BCUT2D eigenvalue weighted by molar-refractivity contribution is -0.121. The van der Waals surface area contributed by atoms with E-state index in [1.54, 1.807) is 7.11 Å². The number of benzene rings is 1. The first-order chi connectivity index (χ1) is 10.3. The number of carbonyl (C=O) groups is 1. The smallest absolute Gasteiger partial charge is 0.232 e. The van der Waals surface area contributed by atoms with Gasteiger partial charge in [0.2, 0.25) is 15.9 Å². The first kappa shape index (κ1) is 18.4. The molecule has 0 unspecified atom stereocenters. The van der Waals surface area contributed by atoms with Crippen LogP contribution in [0.4, 0.5) is 10.1 Å². The molecule has 0 spiro atoms. The van der Waals surface area contributed by atoms with Gasteiger partial charge in [-0.15, -0.1) is 0 Å². The van der Waals surface area contributed by atoms with Gasteiger partial charge in [0, 0.05) is 26.6 Å². The van der Waals surface area contributed by atoms with Crippen molar-refractivity contribution in [3.8, 4) is 0 Å². The third-order valence-corrected chi connectivity index (χ3v) is 4.10. The Morgan fingerprint density at radius 2 is 1.95 bits per heavy atom. The van der Waals surface area contributed by atoms with E-state index in [9.17, 15) is 17.6 Å². The largest absolute Gasteiger partial charge is 0.383 e. The monoisotopic (exact) mass is 332 g/mol. The van der Waals surface area contributed by atoms with Crippen LogP contribution in [0.25, 0.3) is 0 Å². The molecule has 0 bridgehead atoms. The Kier molecular flexibility index (Phi) is 7.26. The lowest BCUT2D eigenvalue weighted by Gasteiger charge is -2.22. The van der Waals surface area contributed by atoms with Crippen LogP contribution in [0, 0.1) is 5.82 Å². The van der Waals surface area contributed by atoms with E-state index in [1.165, 1.54) is 24.3 Å². The topological polar surface area (TPSA) is 75.7 Å². The summed E-state index contributed by atoms with van der Waals surface area (Å²) in [6.45, 7) is 1.00. The summed E-state index contributed by atoms with van der Waals surface area (Å²) in [6, 6.07) is 5.19. The van der Waals surface area contributed by atoms with Crippen LogP contribution < -0.4 is 9.62 Å². The summed E-state index contributed by atoms with van der Waals surface area (Å²) >= 11 is 0. The molecule has 0 saturated carbocycles. The van der Waals surface area contributed by atoms with Crippen LogP contribution in [0.2, 0.25) is 0 Å². The summed E-state index contributed by atoms with van der Waals surface area (Å²) in [5, 5.41) is 2.66. The molecule has 1 amide bonds. The summed E-state index contributed by atoms with van der Waals surface area (Å²) < 4.78 is 42.5. The van der Waals surface area contributed by atoms with Gasteiger partial charge in [0.05, 0.1) is 18.6 Å². The normalized spacial score (nSPS) is 11.2. The number of methoxy groups -OCH3 is 1. The van der Waals surface area contributed by atoms with Gasteiger partial charge in [-0.2, -0.15) is 0 Å². The van der Waals surface area contributed by atoms with E-state index in [-0.39, 0.29) is 18.9 Å². The zero-order chi connectivity index (χ0) is 16.6. The van der Waals surface area contributed by atoms with Crippen molar-refractivity contribution in [2.45, 2.75) is 12.8 Å². The molecule has 124 valence electrons. The first-order valence-electron chi connectivity index (χ1n) is 6.83. The number of hydrogen-bond acceptors (Lipinski definition) is 4. The molecule has 0 fully saturated rings. The molecule has 1 aromatic rings. The molecular weight excluding hydrogens is 311 g/mol. The van der Waals surface area contributed by atoms with E-state index in [0.717, 1.165) is 10.6 Å². The highest BCUT2D eigenvalue weighted by Crippen LogP contribution is 2.18. The summed E-state index contributed by atoms with van der Waals surface area (Å²) in [7, 11) is -1.95. The molecule has 0 aromatic heterocycles. The van der Waals surface area contributed by atoms with Gasteiger partial charge in [-0.1, -0.05) is 0 Å². The van der Waals surface area contributed by atoms with Crippen LogP contribution in [-0.4, -0.2) is 47.4 Å². The zero-order valence-corrected chi connectivity index (χ0v) is 13.5. The molecule has 0 atom stereocenters. The molecule has 0 saturated heterocycles. The molecule has 8 heteroatoms. The highest BCUT2D eigenvalue weighted by atomic mass is 32.2. The van der Waals surface area contributed by atoms with Gasteiger partial charge in [0.15, 0.2) is 0 Å².